The van der Waals surface area contributed by atoms with Gasteiger partial charge >= 0.3 is 21.3 Å². The summed E-state index contributed by atoms with van der Waals surface area (Å²) in [6.45, 7) is 3.53. The highest BCUT2D eigenvalue weighted by Gasteiger charge is 2.62. The molecule has 0 spiro atoms. The van der Waals surface area contributed by atoms with Gasteiger partial charge in [-0.15, -0.1) is 0 Å². The normalized spacial score (nSPS) is 34.8. The Morgan fingerprint density at radius 2 is 1.92 bits per heavy atom. The van der Waals surface area contributed by atoms with E-state index in [9.17, 15) is 26.4 Å². The Labute approximate surface area is 139 Å². The molecule has 0 aromatic carbocycles. The van der Waals surface area contributed by atoms with Crippen molar-refractivity contribution < 1.29 is 35.7 Å². The van der Waals surface area contributed by atoms with Crippen LogP contribution in [-0.2, 0) is 19.6 Å². The van der Waals surface area contributed by atoms with E-state index in [0.29, 0.717) is 24.7 Å². The lowest BCUT2D eigenvalue weighted by atomic mass is 9.90. The summed E-state index contributed by atoms with van der Waals surface area (Å²) in [6.07, 6.45) is -0.849. The molecule has 0 aromatic heterocycles. The van der Waals surface area contributed by atoms with Crippen LogP contribution < -0.4 is 0 Å². The zero-order valence-corrected chi connectivity index (χ0v) is 14.5. The van der Waals surface area contributed by atoms with Gasteiger partial charge in [-0.1, -0.05) is 13.8 Å². The van der Waals surface area contributed by atoms with Gasteiger partial charge in [0.15, 0.2) is 6.17 Å². The fourth-order valence-electron chi connectivity index (χ4n) is 3.98. The maximum Gasteiger partial charge on any atom is 0.400 e. The molecule has 2 fully saturated rings. The Balaban J connectivity index is 1.88. The molecule has 24 heavy (non-hydrogen) atoms. The first-order valence-electron chi connectivity index (χ1n) is 8.06. The molecular formula is C15H23F3O5S. The largest absolute Gasteiger partial charge is 0.465 e. The lowest BCUT2D eigenvalue weighted by molar-refractivity contribution is -0.152. The van der Waals surface area contributed by atoms with Crippen molar-refractivity contribution in [3.63, 3.8) is 0 Å². The predicted octanol–water partition coefficient (Wildman–Crippen LogP) is 3.20. The summed E-state index contributed by atoms with van der Waals surface area (Å²) in [5.41, 5.74) is -0.596. The number of fused-ring (bicyclic) bond motifs is 1. The number of hydrogen-bond acceptors (Lipinski definition) is 4. The minimum Gasteiger partial charge on any atom is -0.465 e. The van der Waals surface area contributed by atoms with Crippen LogP contribution in [-0.4, -0.2) is 37.0 Å². The van der Waals surface area contributed by atoms with Crippen molar-refractivity contribution in [2.45, 2.75) is 57.4 Å². The highest BCUT2D eigenvalue weighted by molar-refractivity contribution is 7.86. The van der Waals surface area contributed by atoms with E-state index < -0.39 is 46.0 Å². The summed E-state index contributed by atoms with van der Waals surface area (Å²) in [4.78, 5) is 12.3. The molecule has 0 bridgehead atoms. The molecule has 2 aliphatic rings. The van der Waals surface area contributed by atoms with Gasteiger partial charge in [0.1, 0.15) is 0 Å². The summed E-state index contributed by atoms with van der Waals surface area (Å²) in [6, 6.07) is 0. The third-order valence-electron chi connectivity index (χ3n) is 5.16. The minimum absolute atomic E-state index is 0.213. The third-order valence-corrected chi connectivity index (χ3v) is 6.10. The van der Waals surface area contributed by atoms with Gasteiger partial charge < -0.3 is 4.74 Å². The fourth-order valence-corrected chi connectivity index (χ4v) is 4.42. The first-order chi connectivity index (χ1) is 10.9. The minimum atomic E-state index is -5.84. The van der Waals surface area contributed by atoms with E-state index in [4.69, 9.17) is 9.29 Å². The highest BCUT2D eigenvalue weighted by atomic mass is 32.2. The smallest absolute Gasteiger partial charge is 0.400 e. The van der Waals surface area contributed by atoms with Crippen LogP contribution in [0.3, 0.4) is 0 Å². The van der Waals surface area contributed by atoms with Crippen molar-refractivity contribution in [2.75, 3.05) is 6.61 Å². The molecule has 0 amide bonds. The molecule has 1 N–H and O–H groups in total. The van der Waals surface area contributed by atoms with Crippen molar-refractivity contribution in [3.05, 3.63) is 0 Å². The molecule has 140 valence electrons. The van der Waals surface area contributed by atoms with Crippen LogP contribution in [0.2, 0.25) is 0 Å². The number of carbonyl (C=O) groups excluding carboxylic acids is 1. The summed E-state index contributed by atoms with van der Waals surface area (Å²) in [5, 5.41) is -4.91. The molecule has 0 radical (unpaired) electrons. The van der Waals surface area contributed by atoms with Gasteiger partial charge in [-0.3, -0.25) is 9.35 Å². The number of alkyl halides is 3. The number of halogens is 3. The lowest BCUT2D eigenvalue weighted by Crippen LogP contribution is -2.39. The summed E-state index contributed by atoms with van der Waals surface area (Å²) >= 11 is 0. The Kier molecular flexibility index (Phi) is 5.26. The van der Waals surface area contributed by atoms with Gasteiger partial charge in [-0.05, 0) is 43.4 Å². The van der Waals surface area contributed by atoms with Gasteiger partial charge in [-0.25, -0.2) is 4.39 Å². The zero-order chi connectivity index (χ0) is 18.3. The molecule has 2 saturated carbocycles. The molecular weight excluding hydrogens is 349 g/mol. The first kappa shape index (κ1) is 19.5. The maximum atomic E-state index is 13.4. The van der Waals surface area contributed by atoms with Crippen molar-refractivity contribution in [1.82, 2.24) is 0 Å². The average molecular weight is 372 g/mol. The van der Waals surface area contributed by atoms with E-state index in [1.54, 1.807) is 0 Å². The van der Waals surface area contributed by atoms with E-state index >= 15 is 0 Å². The SMILES string of the molecule is CC1CC(C)CC2(C(=O)OCCC(F)C(F)(F)S(=O)(=O)O)CC2C1. The number of carbonyl (C=O) groups is 1. The second-order valence-electron chi connectivity index (χ2n) is 7.37. The van der Waals surface area contributed by atoms with Crippen LogP contribution in [0.5, 0.6) is 0 Å². The van der Waals surface area contributed by atoms with Gasteiger partial charge in [-0.2, -0.15) is 17.2 Å². The van der Waals surface area contributed by atoms with Crippen molar-refractivity contribution in [2.24, 2.45) is 23.2 Å². The third kappa shape index (κ3) is 3.71. The topological polar surface area (TPSA) is 80.7 Å². The Hall–Kier alpha value is -0.830. The van der Waals surface area contributed by atoms with E-state index in [-0.39, 0.29) is 5.92 Å². The molecule has 2 rings (SSSR count). The van der Waals surface area contributed by atoms with E-state index in [1.165, 1.54) is 0 Å². The van der Waals surface area contributed by atoms with Crippen molar-refractivity contribution >= 4 is 16.1 Å². The first-order valence-corrected chi connectivity index (χ1v) is 9.50. The quantitative estimate of drug-likeness (QED) is 0.572. The van der Waals surface area contributed by atoms with Crippen LogP contribution in [0, 0.1) is 23.2 Å². The second-order valence-corrected chi connectivity index (χ2v) is 8.87. The van der Waals surface area contributed by atoms with Gasteiger partial charge in [0, 0.05) is 6.42 Å². The highest BCUT2D eigenvalue weighted by Crippen LogP contribution is 2.62. The van der Waals surface area contributed by atoms with Crippen LogP contribution in [0.1, 0.15) is 46.0 Å². The zero-order valence-electron chi connectivity index (χ0n) is 13.7. The molecule has 0 saturated heterocycles. The lowest BCUT2D eigenvalue weighted by Gasteiger charge is -2.20. The van der Waals surface area contributed by atoms with E-state index in [2.05, 4.69) is 13.8 Å². The molecule has 0 heterocycles. The Morgan fingerprint density at radius 1 is 1.29 bits per heavy atom. The monoisotopic (exact) mass is 372 g/mol. The van der Waals surface area contributed by atoms with E-state index in [0.717, 1.165) is 12.8 Å². The maximum absolute atomic E-state index is 13.4. The standard InChI is InChI=1S/C15H23F3O5S/c1-9-5-10(2)7-14(8-11(14)6-9)13(19)23-4-3-12(16)15(17,18)24(20,21)22/h9-12H,3-8H2,1-2H3,(H,20,21,22). The average Bonchev–Trinajstić information content (AvgIpc) is 3.10. The summed E-state index contributed by atoms with van der Waals surface area (Å²) < 4.78 is 73.7. The van der Waals surface area contributed by atoms with Gasteiger partial charge in [0.2, 0.25) is 0 Å². The molecule has 5 atom stereocenters. The second kappa shape index (κ2) is 6.48. The Bertz CT molecular complexity index is 594. The van der Waals surface area contributed by atoms with E-state index in [1.807, 2.05) is 0 Å². The van der Waals surface area contributed by atoms with Crippen molar-refractivity contribution in [3.8, 4) is 0 Å². The number of hydrogen-bond donors (Lipinski definition) is 1. The van der Waals surface area contributed by atoms with Crippen LogP contribution in [0.15, 0.2) is 0 Å². The molecule has 9 heteroatoms. The Morgan fingerprint density at radius 3 is 2.50 bits per heavy atom. The molecule has 0 aromatic rings. The van der Waals surface area contributed by atoms with Crippen LogP contribution >= 0.6 is 0 Å². The molecule has 0 aliphatic heterocycles. The predicted molar refractivity (Wildman–Crippen MR) is 79.7 cm³/mol. The summed E-state index contributed by atoms with van der Waals surface area (Å²) in [5.74, 6) is 0.546. The summed E-state index contributed by atoms with van der Waals surface area (Å²) in [7, 11) is -5.84. The molecule has 2 aliphatic carbocycles. The number of ether oxygens (including phenoxy) is 1. The van der Waals surface area contributed by atoms with Crippen LogP contribution in [0.25, 0.3) is 0 Å². The van der Waals surface area contributed by atoms with Crippen LogP contribution in [0.4, 0.5) is 13.2 Å². The fraction of sp³-hybridized carbons (Fsp3) is 0.933. The molecule has 5 nitrogen and oxygen atoms in total. The van der Waals surface area contributed by atoms with Gasteiger partial charge in [0.05, 0.1) is 12.0 Å². The number of rotatable bonds is 6. The van der Waals surface area contributed by atoms with Crippen molar-refractivity contribution in [1.29, 1.82) is 0 Å². The number of esters is 1. The molecule has 5 unspecified atom stereocenters. The van der Waals surface area contributed by atoms with Gasteiger partial charge in [0.25, 0.3) is 0 Å².